The van der Waals surface area contributed by atoms with E-state index < -0.39 is 23.2 Å². The largest absolute Gasteiger partial charge is 0.467 e. The zero-order valence-corrected chi connectivity index (χ0v) is 12.6. The number of benzene rings is 1. The van der Waals surface area contributed by atoms with E-state index >= 15 is 0 Å². The van der Waals surface area contributed by atoms with Gasteiger partial charge in [0.25, 0.3) is 0 Å². The van der Waals surface area contributed by atoms with Gasteiger partial charge in [-0.25, -0.2) is 9.78 Å². The SMILES string of the molecule is COC(=O)C1(c2ccc(C#N)cc2C(F)(F)F)CCc2cncn21. The highest BCUT2D eigenvalue weighted by Gasteiger charge is 2.52. The molecule has 0 saturated heterocycles. The maximum Gasteiger partial charge on any atom is 0.416 e. The molecule has 0 N–H and O–H groups in total. The Bertz CT molecular complexity index is 851. The number of esters is 1. The van der Waals surface area contributed by atoms with Crippen LogP contribution in [0.4, 0.5) is 13.2 Å². The highest BCUT2D eigenvalue weighted by Crippen LogP contribution is 2.45. The number of alkyl halides is 3. The highest BCUT2D eigenvalue weighted by molar-refractivity contribution is 5.84. The fourth-order valence-corrected chi connectivity index (χ4v) is 3.23. The van der Waals surface area contributed by atoms with Crippen molar-refractivity contribution >= 4 is 5.97 Å². The lowest BCUT2D eigenvalue weighted by atomic mass is 9.83. The Labute approximate surface area is 135 Å². The monoisotopic (exact) mass is 335 g/mol. The molecule has 24 heavy (non-hydrogen) atoms. The number of fused-ring (bicyclic) bond motifs is 1. The average Bonchev–Trinajstić information content (AvgIpc) is 3.15. The quantitative estimate of drug-likeness (QED) is 0.791. The molecule has 3 rings (SSSR count). The standard InChI is InChI=1S/C16H12F3N3O2/c1-24-14(23)15(5-4-11-8-21-9-22(11)15)12-3-2-10(7-20)6-13(12)16(17,18)19/h2-3,6,8-9H,4-5H2,1H3. The minimum Gasteiger partial charge on any atom is -0.467 e. The number of nitriles is 1. The van der Waals surface area contributed by atoms with Crippen molar-refractivity contribution in [2.75, 3.05) is 7.11 Å². The number of nitrogens with zero attached hydrogens (tertiary/aromatic N) is 3. The van der Waals surface area contributed by atoms with Crippen LogP contribution in [0.25, 0.3) is 0 Å². The second-order valence-corrected chi connectivity index (χ2v) is 5.48. The molecule has 1 aromatic carbocycles. The van der Waals surface area contributed by atoms with Crippen LogP contribution in [0.2, 0.25) is 0 Å². The molecule has 0 amide bonds. The third-order valence-electron chi connectivity index (χ3n) is 4.29. The second kappa shape index (κ2) is 5.37. The number of carbonyl (C=O) groups excluding carboxylic acids is 1. The van der Waals surface area contributed by atoms with E-state index in [0.29, 0.717) is 12.1 Å². The normalized spacial score (nSPS) is 19.6. The number of carbonyl (C=O) groups is 1. The maximum atomic E-state index is 13.6. The van der Waals surface area contributed by atoms with Crippen LogP contribution in [0.15, 0.2) is 30.7 Å². The van der Waals surface area contributed by atoms with Gasteiger partial charge in [0.05, 0.1) is 30.6 Å². The van der Waals surface area contributed by atoms with Crippen molar-refractivity contribution in [3.63, 3.8) is 0 Å². The topological polar surface area (TPSA) is 67.9 Å². The first-order chi connectivity index (χ1) is 11.3. The predicted octanol–water partition coefficient (Wildman–Crippen LogP) is 2.64. The van der Waals surface area contributed by atoms with Crippen molar-refractivity contribution < 1.29 is 22.7 Å². The van der Waals surface area contributed by atoms with Gasteiger partial charge >= 0.3 is 12.1 Å². The first-order valence-electron chi connectivity index (χ1n) is 7.06. The summed E-state index contributed by atoms with van der Waals surface area (Å²) in [7, 11) is 1.13. The van der Waals surface area contributed by atoms with E-state index in [0.717, 1.165) is 13.2 Å². The molecule has 0 aliphatic carbocycles. The fourth-order valence-electron chi connectivity index (χ4n) is 3.23. The van der Waals surface area contributed by atoms with Gasteiger partial charge in [0.2, 0.25) is 0 Å². The minimum absolute atomic E-state index is 0.130. The lowest BCUT2D eigenvalue weighted by Gasteiger charge is -2.31. The van der Waals surface area contributed by atoms with E-state index in [-0.39, 0.29) is 17.5 Å². The summed E-state index contributed by atoms with van der Waals surface area (Å²) in [5, 5.41) is 8.90. The van der Waals surface area contributed by atoms with Gasteiger partial charge in [-0.15, -0.1) is 0 Å². The predicted molar refractivity (Wildman–Crippen MR) is 75.8 cm³/mol. The molecule has 1 atom stereocenters. The summed E-state index contributed by atoms with van der Waals surface area (Å²) in [5.41, 5.74) is -2.38. The molecule has 0 fully saturated rings. The molecule has 1 unspecified atom stereocenters. The number of aryl methyl sites for hydroxylation is 1. The van der Waals surface area contributed by atoms with Crippen molar-refractivity contribution in [2.45, 2.75) is 24.6 Å². The Kier molecular flexibility index (Phi) is 3.59. The summed E-state index contributed by atoms with van der Waals surface area (Å²) in [5.74, 6) is -0.797. The number of aromatic nitrogens is 2. The molecule has 8 heteroatoms. The van der Waals surface area contributed by atoms with Gasteiger partial charge in [0, 0.05) is 17.5 Å². The van der Waals surface area contributed by atoms with E-state index in [1.165, 1.54) is 29.2 Å². The number of ether oxygens (including phenoxy) is 1. The van der Waals surface area contributed by atoms with Gasteiger partial charge in [-0.05, 0) is 25.0 Å². The Morgan fingerprint density at radius 1 is 1.46 bits per heavy atom. The lowest BCUT2D eigenvalue weighted by Crippen LogP contribution is -2.42. The van der Waals surface area contributed by atoms with E-state index in [4.69, 9.17) is 10.00 Å². The molecule has 0 spiro atoms. The summed E-state index contributed by atoms with van der Waals surface area (Å²) >= 11 is 0. The molecule has 124 valence electrons. The summed E-state index contributed by atoms with van der Waals surface area (Å²) in [6, 6.07) is 4.89. The molecule has 2 heterocycles. The number of halogens is 3. The smallest absolute Gasteiger partial charge is 0.416 e. The molecular formula is C16H12F3N3O2. The van der Waals surface area contributed by atoms with Gasteiger partial charge in [-0.2, -0.15) is 18.4 Å². The van der Waals surface area contributed by atoms with Gasteiger partial charge < -0.3 is 9.30 Å². The van der Waals surface area contributed by atoms with Gasteiger partial charge in [-0.1, -0.05) is 6.07 Å². The van der Waals surface area contributed by atoms with Crippen LogP contribution >= 0.6 is 0 Å². The fraction of sp³-hybridized carbons (Fsp3) is 0.312. The van der Waals surface area contributed by atoms with Crippen LogP contribution in [-0.2, 0) is 27.7 Å². The van der Waals surface area contributed by atoms with Crippen molar-refractivity contribution in [1.82, 2.24) is 9.55 Å². The van der Waals surface area contributed by atoms with Crippen LogP contribution in [0.3, 0.4) is 0 Å². The van der Waals surface area contributed by atoms with Crippen LogP contribution in [0.5, 0.6) is 0 Å². The van der Waals surface area contributed by atoms with E-state index in [1.807, 2.05) is 0 Å². The maximum absolute atomic E-state index is 13.6. The van der Waals surface area contributed by atoms with E-state index in [1.54, 1.807) is 6.07 Å². The lowest BCUT2D eigenvalue weighted by molar-refractivity contribution is -0.150. The number of hydrogen-bond donors (Lipinski definition) is 0. The first kappa shape index (κ1) is 16.1. The number of hydrogen-bond acceptors (Lipinski definition) is 4. The highest BCUT2D eigenvalue weighted by atomic mass is 19.4. The average molecular weight is 335 g/mol. The van der Waals surface area contributed by atoms with E-state index in [2.05, 4.69) is 4.98 Å². The minimum atomic E-state index is -4.72. The summed E-state index contributed by atoms with van der Waals surface area (Å²) in [4.78, 5) is 16.5. The number of rotatable bonds is 2. The number of methoxy groups -OCH3 is 1. The Morgan fingerprint density at radius 2 is 2.21 bits per heavy atom. The summed E-state index contributed by atoms with van der Waals surface area (Å²) in [6.07, 6.45) is -1.34. The Morgan fingerprint density at radius 3 is 2.83 bits per heavy atom. The third kappa shape index (κ3) is 2.16. The second-order valence-electron chi connectivity index (χ2n) is 5.48. The molecule has 0 bridgehead atoms. The van der Waals surface area contributed by atoms with Crippen LogP contribution in [-0.4, -0.2) is 22.6 Å². The molecule has 1 aliphatic heterocycles. The molecule has 0 radical (unpaired) electrons. The van der Waals surface area contributed by atoms with Crippen molar-refractivity contribution in [1.29, 1.82) is 5.26 Å². The van der Waals surface area contributed by atoms with Crippen molar-refractivity contribution in [2.24, 2.45) is 0 Å². The molecular weight excluding hydrogens is 323 g/mol. The van der Waals surface area contributed by atoms with Crippen LogP contribution in [0, 0.1) is 11.3 Å². The van der Waals surface area contributed by atoms with Crippen LogP contribution in [0.1, 0.15) is 28.8 Å². The zero-order valence-electron chi connectivity index (χ0n) is 12.6. The van der Waals surface area contributed by atoms with E-state index in [9.17, 15) is 18.0 Å². The van der Waals surface area contributed by atoms with Crippen molar-refractivity contribution in [3.05, 3.63) is 53.1 Å². The zero-order chi connectivity index (χ0) is 17.5. The molecule has 2 aromatic rings. The third-order valence-corrected chi connectivity index (χ3v) is 4.29. The molecule has 0 saturated carbocycles. The number of imidazole rings is 1. The molecule has 1 aliphatic rings. The van der Waals surface area contributed by atoms with Gasteiger partial charge in [-0.3, -0.25) is 0 Å². The molecule has 1 aromatic heterocycles. The first-order valence-corrected chi connectivity index (χ1v) is 7.06. The summed E-state index contributed by atoms with van der Waals surface area (Å²) in [6.45, 7) is 0. The van der Waals surface area contributed by atoms with Crippen molar-refractivity contribution in [3.8, 4) is 6.07 Å². The Hall–Kier alpha value is -2.82. The molecule has 5 nitrogen and oxygen atoms in total. The summed E-state index contributed by atoms with van der Waals surface area (Å²) < 4.78 is 47.0. The van der Waals surface area contributed by atoms with Gasteiger partial charge in [0.15, 0.2) is 5.54 Å². The van der Waals surface area contributed by atoms with Crippen LogP contribution < -0.4 is 0 Å². The Balaban J connectivity index is 2.33. The van der Waals surface area contributed by atoms with Gasteiger partial charge in [0.1, 0.15) is 0 Å².